The normalized spacial score (nSPS) is 18.0. The topological polar surface area (TPSA) is 88.3 Å². The Kier molecular flexibility index (Phi) is 4.10. The van der Waals surface area contributed by atoms with Gasteiger partial charge in [0.25, 0.3) is 5.91 Å². The number of rotatable bonds is 3. The van der Waals surface area contributed by atoms with Crippen LogP contribution in [-0.2, 0) is 4.79 Å². The summed E-state index contributed by atoms with van der Waals surface area (Å²) in [5.74, 6) is -1.42. The quantitative estimate of drug-likeness (QED) is 0.928. The van der Waals surface area contributed by atoms with Crippen LogP contribution < -0.4 is 0 Å². The zero-order chi connectivity index (χ0) is 16.4. The molecular formula is C16H18N4O3. The van der Waals surface area contributed by atoms with E-state index < -0.39 is 11.9 Å². The van der Waals surface area contributed by atoms with Crippen LogP contribution in [0.3, 0.4) is 0 Å². The van der Waals surface area contributed by atoms with Crippen molar-refractivity contribution in [2.24, 2.45) is 5.92 Å². The number of carboxylic acids is 1. The van der Waals surface area contributed by atoms with Crippen LogP contribution in [0.15, 0.2) is 30.9 Å². The van der Waals surface area contributed by atoms with E-state index in [9.17, 15) is 9.59 Å². The maximum atomic E-state index is 12.7. The van der Waals surface area contributed by atoms with E-state index >= 15 is 0 Å². The van der Waals surface area contributed by atoms with Crippen LogP contribution in [0, 0.1) is 12.8 Å². The Morgan fingerprint density at radius 3 is 2.83 bits per heavy atom. The molecule has 120 valence electrons. The summed E-state index contributed by atoms with van der Waals surface area (Å²) in [6, 6.07) is 5.45. The van der Waals surface area contributed by atoms with Crippen molar-refractivity contribution in [3.8, 4) is 5.69 Å². The number of aromatic nitrogens is 3. The molecule has 1 atom stereocenters. The molecule has 1 fully saturated rings. The molecule has 0 radical (unpaired) electrons. The summed E-state index contributed by atoms with van der Waals surface area (Å²) in [4.78, 5) is 29.4. The van der Waals surface area contributed by atoms with Gasteiger partial charge in [-0.2, -0.15) is 5.10 Å². The Bertz CT molecular complexity index is 727. The van der Waals surface area contributed by atoms with Crippen molar-refractivity contribution in [1.82, 2.24) is 19.7 Å². The van der Waals surface area contributed by atoms with E-state index in [0.29, 0.717) is 18.5 Å². The predicted octanol–water partition coefficient (Wildman–Crippen LogP) is 1.51. The molecule has 1 N–H and O–H groups in total. The first-order valence-electron chi connectivity index (χ1n) is 7.54. The van der Waals surface area contributed by atoms with E-state index in [2.05, 4.69) is 10.1 Å². The lowest BCUT2D eigenvalue weighted by molar-refractivity contribution is -0.143. The van der Waals surface area contributed by atoms with Gasteiger partial charge in [-0.05, 0) is 43.5 Å². The molecule has 7 heteroatoms. The third-order valence-corrected chi connectivity index (χ3v) is 4.18. The van der Waals surface area contributed by atoms with Gasteiger partial charge in [-0.15, -0.1) is 0 Å². The summed E-state index contributed by atoms with van der Waals surface area (Å²) in [6.07, 6.45) is 4.40. The van der Waals surface area contributed by atoms with E-state index in [0.717, 1.165) is 17.7 Å². The van der Waals surface area contributed by atoms with Crippen LogP contribution in [0.5, 0.6) is 0 Å². The number of likely N-dealkylation sites (tertiary alicyclic amines) is 1. The summed E-state index contributed by atoms with van der Waals surface area (Å²) in [6.45, 7) is 2.75. The lowest BCUT2D eigenvalue weighted by Crippen LogP contribution is -2.42. The molecule has 7 nitrogen and oxygen atoms in total. The molecule has 23 heavy (non-hydrogen) atoms. The summed E-state index contributed by atoms with van der Waals surface area (Å²) in [5.41, 5.74) is 2.26. The summed E-state index contributed by atoms with van der Waals surface area (Å²) in [5, 5.41) is 13.2. The van der Waals surface area contributed by atoms with Gasteiger partial charge in [0.05, 0.1) is 11.6 Å². The van der Waals surface area contributed by atoms with Crippen molar-refractivity contribution in [2.75, 3.05) is 13.1 Å². The largest absolute Gasteiger partial charge is 0.481 e. The third kappa shape index (κ3) is 3.08. The molecular weight excluding hydrogens is 296 g/mol. The average Bonchev–Trinajstić information content (AvgIpc) is 3.08. The maximum Gasteiger partial charge on any atom is 0.308 e. The van der Waals surface area contributed by atoms with Gasteiger partial charge in [0.15, 0.2) is 0 Å². The lowest BCUT2D eigenvalue weighted by atomic mass is 9.97. The fourth-order valence-corrected chi connectivity index (χ4v) is 2.91. The van der Waals surface area contributed by atoms with Crippen molar-refractivity contribution >= 4 is 11.9 Å². The maximum absolute atomic E-state index is 12.7. The predicted molar refractivity (Wildman–Crippen MR) is 82.4 cm³/mol. The Morgan fingerprint density at radius 2 is 2.17 bits per heavy atom. The average molecular weight is 314 g/mol. The Balaban J connectivity index is 1.81. The molecule has 1 aliphatic rings. The highest BCUT2D eigenvalue weighted by atomic mass is 16.4. The molecule has 2 aromatic rings. The minimum absolute atomic E-state index is 0.112. The van der Waals surface area contributed by atoms with Crippen LogP contribution in [0.2, 0.25) is 0 Å². The second-order valence-corrected chi connectivity index (χ2v) is 5.77. The van der Waals surface area contributed by atoms with Crippen molar-refractivity contribution in [1.29, 1.82) is 0 Å². The lowest BCUT2D eigenvalue weighted by Gasteiger charge is -2.31. The van der Waals surface area contributed by atoms with Crippen LogP contribution >= 0.6 is 0 Å². The molecule has 1 aliphatic heterocycles. The molecule has 0 bridgehead atoms. The summed E-state index contributed by atoms with van der Waals surface area (Å²) in [7, 11) is 0. The molecule has 1 amide bonds. The first-order chi connectivity index (χ1) is 11.1. The molecule has 1 aromatic heterocycles. The van der Waals surface area contributed by atoms with Gasteiger partial charge in [0.1, 0.15) is 12.7 Å². The SMILES string of the molecule is Cc1cc(-n2cncn2)ccc1C(=O)N1CCC[C@@H](C(=O)O)C1. The standard InChI is InChI=1S/C16H18N4O3/c1-11-7-13(20-10-17-9-18-20)4-5-14(11)15(21)19-6-2-3-12(8-19)16(22)23/h4-5,7,9-10,12H,2-3,6,8H2,1H3,(H,22,23)/t12-/m1/s1. The highest BCUT2D eigenvalue weighted by molar-refractivity contribution is 5.96. The highest BCUT2D eigenvalue weighted by Crippen LogP contribution is 2.21. The molecule has 1 saturated heterocycles. The van der Waals surface area contributed by atoms with Gasteiger partial charge in [0, 0.05) is 18.7 Å². The molecule has 1 aromatic carbocycles. The number of benzene rings is 1. The summed E-state index contributed by atoms with van der Waals surface area (Å²) < 4.78 is 1.63. The Labute approximate surface area is 133 Å². The van der Waals surface area contributed by atoms with E-state index in [1.54, 1.807) is 22.0 Å². The van der Waals surface area contributed by atoms with Gasteiger partial charge in [0.2, 0.25) is 0 Å². The van der Waals surface area contributed by atoms with E-state index in [-0.39, 0.29) is 12.5 Å². The van der Waals surface area contributed by atoms with Crippen LogP contribution in [0.4, 0.5) is 0 Å². The van der Waals surface area contributed by atoms with Gasteiger partial charge in [-0.25, -0.2) is 9.67 Å². The number of nitrogens with zero attached hydrogens (tertiary/aromatic N) is 4. The zero-order valence-corrected chi connectivity index (χ0v) is 12.8. The second-order valence-electron chi connectivity index (χ2n) is 5.77. The second kappa shape index (κ2) is 6.20. The first kappa shape index (κ1) is 15.2. The summed E-state index contributed by atoms with van der Waals surface area (Å²) >= 11 is 0. The number of aliphatic carboxylic acids is 1. The van der Waals surface area contributed by atoms with Crippen molar-refractivity contribution in [3.05, 3.63) is 42.0 Å². The smallest absolute Gasteiger partial charge is 0.308 e. The monoisotopic (exact) mass is 314 g/mol. The molecule has 3 rings (SSSR count). The number of amides is 1. The van der Waals surface area contributed by atoms with Crippen LogP contribution in [-0.4, -0.2) is 49.7 Å². The molecule has 0 saturated carbocycles. The van der Waals surface area contributed by atoms with Gasteiger partial charge >= 0.3 is 5.97 Å². The zero-order valence-electron chi connectivity index (χ0n) is 12.8. The molecule has 0 spiro atoms. The number of piperidine rings is 1. The minimum atomic E-state index is -0.833. The molecule has 0 aliphatic carbocycles. The fourth-order valence-electron chi connectivity index (χ4n) is 2.91. The number of carbonyl (C=O) groups is 2. The Morgan fingerprint density at radius 1 is 1.35 bits per heavy atom. The molecule has 2 heterocycles. The third-order valence-electron chi connectivity index (χ3n) is 4.18. The number of hydrogen-bond acceptors (Lipinski definition) is 4. The first-order valence-corrected chi connectivity index (χ1v) is 7.54. The van der Waals surface area contributed by atoms with E-state index in [1.165, 1.54) is 6.33 Å². The van der Waals surface area contributed by atoms with Crippen molar-refractivity contribution < 1.29 is 14.7 Å². The Hall–Kier alpha value is -2.70. The number of carbonyl (C=O) groups excluding carboxylic acids is 1. The van der Waals surface area contributed by atoms with Gasteiger partial charge in [-0.3, -0.25) is 9.59 Å². The highest BCUT2D eigenvalue weighted by Gasteiger charge is 2.29. The van der Waals surface area contributed by atoms with Crippen molar-refractivity contribution in [3.63, 3.8) is 0 Å². The van der Waals surface area contributed by atoms with Gasteiger partial charge < -0.3 is 10.0 Å². The van der Waals surface area contributed by atoms with Crippen molar-refractivity contribution in [2.45, 2.75) is 19.8 Å². The van der Waals surface area contributed by atoms with E-state index in [1.807, 2.05) is 19.1 Å². The van der Waals surface area contributed by atoms with Gasteiger partial charge in [-0.1, -0.05) is 0 Å². The number of carboxylic acid groups (broad SMARTS) is 1. The molecule has 0 unspecified atom stereocenters. The number of aryl methyl sites for hydroxylation is 1. The fraction of sp³-hybridized carbons (Fsp3) is 0.375. The number of hydrogen-bond donors (Lipinski definition) is 1. The van der Waals surface area contributed by atoms with Crippen LogP contribution in [0.25, 0.3) is 5.69 Å². The minimum Gasteiger partial charge on any atom is -0.481 e. The van der Waals surface area contributed by atoms with Crippen LogP contribution in [0.1, 0.15) is 28.8 Å². The van der Waals surface area contributed by atoms with E-state index in [4.69, 9.17) is 5.11 Å².